The minimum atomic E-state index is -2.85. The number of halogens is 2. The number of aromatic nitrogens is 2. The van der Waals surface area contributed by atoms with Crippen LogP contribution in [0, 0.1) is 0 Å². The van der Waals surface area contributed by atoms with Crippen molar-refractivity contribution in [2.45, 2.75) is 13.2 Å². The summed E-state index contributed by atoms with van der Waals surface area (Å²) in [6.07, 6.45) is 5.30. The van der Waals surface area contributed by atoms with Gasteiger partial charge in [0.05, 0.1) is 12.2 Å². The Hall–Kier alpha value is -2.76. The smallest absolute Gasteiger partial charge is 0.387 e. The Bertz CT molecular complexity index is 766. The molecule has 6 heteroatoms. The van der Waals surface area contributed by atoms with Crippen molar-refractivity contribution in [3.63, 3.8) is 0 Å². The number of rotatable bonds is 5. The van der Waals surface area contributed by atoms with Crippen LogP contribution in [0.1, 0.15) is 11.3 Å². The molecule has 2 aromatic heterocycles. The van der Waals surface area contributed by atoms with Gasteiger partial charge in [-0.05, 0) is 24.3 Å². The molecule has 0 saturated heterocycles. The first-order valence-corrected chi connectivity index (χ1v) is 6.68. The summed E-state index contributed by atoms with van der Waals surface area (Å²) >= 11 is 0. The van der Waals surface area contributed by atoms with Crippen molar-refractivity contribution in [1.29, 1.82) is 0 Å². The molecule has 1 aromatic carbocycles. The van der Waals surface area contributed by atoms with Crippen LogP contribution in [0.25, 0.3) is 5.65 Å². The van der Waals surface area contributed by atoms with Crippen molar-refractivity contribution in [3.8, 4) is 5.75 Å². The highest BCUT2D eigenvalue weighted by atomic mass is 19.3. The highest BCUT2D eigenvalue weighted by molar-refractivity contribution is 5.83. The first kappa shape index (κ1) is 14.2. The molecule has 0 amide bonds. The number of benzene rings is 1. The van der Waals surface area contributed by atoms with Gasteiger partial charge in [0.2, 0.25) is 0 Å². The Balaban J connectivity index is 1.74. The van der Waals surface area contributed by atoms with Gasteiger partial charge in [0, 0.05) is 24.2 Å². The fourth-order valence-corrected chi connectivity index (χ4v) is 2.09. The fraction of sp³-hybridized carbons (Fsp3) is 0.125. The Kier molecular flexibility index (Phi) is 4.09. The van der Waals surface area contributed by atoms with Gasteiger partial charge in [-0.3, -0.25) is 4.99 Å². The summed E-state index contributed by atoms with van der Waals surface area (Å²) in [6, 6.07) is 12.3. The molecule has 112 valence electrons. The van der Waals surface area contributed by atoms with E-state index in [0.29, 0.717) is 12.1 Å². The topological polar surface area (TPSA) is 38.9 Å². The van der Waals surface area contributed by atoms with E-state index in [1.54, 1.807) is 18.2 Å². The molecule has 4 nitrogen and oxygen atoms in total. The van der Waals surface area contributed by atoms with Crippen LogP contribution < -0.4 is 4.74 Å². The van der Waals surface area contributed by atoms with Gasteiger partial charge < -0.3 is 9.14 Å². The molecule has 0 bridgehead atoms. The zero-order valence-corrected chi connectivity index (χ0v) is 11.6. The van der Waals surface area contributed by atoms with Crippen LogP contribution in [0.4, 0.5) is 8.78 Å². The minimum Gasteiger partial charge on any atom is -0.434 e. The summed E-state index contributed by atoms with van der Waals surface area (Å²) in [5.41, 5.74) is 2.15. The Morgan fingerprint density at radius 3 is 2.82 bits per heavy atom. The summed E-state index contributed by atoms with van der Waals surface area (Å²) in [4.78, 5) is 8.66. The maximum Gasteiger partial charge on any atom is 0.387 e. The molecule has 3 rings (SSSR count). The van der Waals surface area contributed by atoms with Gasteiger partial charge in [-0.1, -0.05) is 18.2 Å². The normalized spacial score (nSPS) is 11.6. The van der Waals surface area contributed by atoms with Crippen LogP contribution >= 0.6 is 0 Å². The molecule has 0 atom stereocenters. The molecule has 0 saturated carbocycles. The second kappa shape index (κ2) is 6.34. The van der Waals surface area contributed by atoms with Gasteiger partial charge in [-0.2, -0.15) is 8.78 Å². The van der Waals surface area contributed by atoms with E-state index in [1.807, 2.05) is 35.0 Å². The molecule has 3 aromatic rings. The average Bonchev–Trinajstić information content (AvgIpc) is 2.91. The van der Waals surface area contributed by atoms with E-state index in [0.717, 1.165) is 11.3 Å². The van der Waals surface area contributed by atoms with Gasteiger partial charge in [0.15, 0.2) is 0 Å². The number of pyridine rings is 1. The lowest BCUT2D eigenvalue weighted by Gasteiger charge is -2.06. The highest BCUT2D eigenvalue weighted by Gasteiger charge is 2.07. The van der Waals surface area contributed by atoms with Crippen molar-refractivity contribution >= 4 is 11.9 Å². The number of para-hydroxylation sites is 1. The number of ether oxygens (including phenoxy) is 1. The average molecular weight is 301 g/mol. The Labute approximate surface area is 125 Å². The number of aliphatic imine (C=N–C) groups is 1. The number of imidazole rings is 1. The van der Waals surface area contributed by atoms with Gasteiger partial charge in [0.25, 0.3) is 0 Å². The van der Waals surface area contributed by atoms with Crippen molar-refractivity contribution in [3.05, 3.63) is 66.1 Å². The standard InChI is InChI=1S/C16H13F2N3O/c17-16(18)22-14-6-2-1-5-12(14)9-19-10-13-11-21-8-4-3-7-15(21)20-13/h1-9,11,16H,10H2. The van der Waals surface area contributed by atoms with E-state index >= 15 is 0 Å². The van der Waals surface area contributed by atoms with Crippen molar-refractivity contribution in [1.82, 2.24) is 9.38 Å². The Morgan fingerprint density at radius 2 is 2.00 bits per heavy atom. The lowest BCUT2D eigenvalue weighted by atomic mass is 10.2. The quantitative estimate of drug-likeness (QED) is 0.676. The summed E-state index contributed by atoms with van der Waals surface area (Å²) < 4.78 is 31.0. The second-order valence-electron chi connectivity index (χ2n) is 4.58. The summed E-state index contributed by atoms with van der Waals surface area (Å²) in [6.45, 7) is -2.49. The van der Waals surface area contributed by atoms with Crippen LogP contribution in [0.15, 0.2) is 59.9 Å². The van der Waals surface area contributed by atoms with E-state index in [2.05, 4.69) is 14.7 Å². The monoisotopic (exact) mass is 301 g/mol. The summed E-state index contributed by atoms with van der Waals surface area (Å²) in [5, 5.41) is 0. The van der Waals surface area contributed by atoms with Crippen LogP contribution in [0.5, 0.6) is 5.75 Å². The van der Waals surface area contributed by atoms with E-state index in [1.165, 1.54) is 12.3 Å². The van der Waals surface area contributed by atoms with Gasteiger partial charge in [-0.25, -0.2) is 4.98 Å². The summed E-state index contributed by atoms with van der Waals surface area (Å²) in [7, 11) is 0. The maximum absolute atomic E-state index is 12.3. The molecule has 0 N–H and O–H groups in total. The van der Waals surface area contributed by atoms with Crippen LogP contribution in [0.3, 0.4) is 0 Å². The molecule has 0 radical (unpaired) electrons. The molecule has 0 aliphatic rings. The molecule has 0 spiro atoms. The number of hydrogen-bond acceptors (Lipinski definition) is 3. The maximum atomic E-state index is 12.3. The van der Waals surface area contributed by atoms with Gasteiger partial charge in [-0.15, -0.1) is 0 Å². The molecule has 22 heavy (non-hydrogen) atoms. The van der Waals surface area contributed by atoms with Gasteiger partial charge in [0.1, 0.15) is 11.4 Å². The SMILES string of the molecule is FC(F)Oc1ccccc1C=NCc1cn2ccccc2n1. The first-order chi connectivity index (χ1) is 10.7. The highest BCUT2D eigenvalue weighted by Crippen LogP contribution is 2.18. The fourth-order valence-electron chi connectivity index (χ4n) is 2.09. The lowest BCUT2D eigenvalue weighted by molar-refractivity contribution is -0.0499. The molecule has 0 aliphatic heterocycles. The largest absolute Gasteiger partial charge is 0.434 e. The molecular weight excluding hydrogens is 288 g/mol. The van der Waals surface area contributed by atoms with E-state index in [9.17, 15) is 8.78 Å². The lowest BCUT2D eigenvalue weighted by Crippen LogP contribution is -2.04. The third-order valence-corrected chi connectivity index (χ3v) is 3.03. The van der Waals surface area contributed by atoms with E-state index in [-0.39, 0.29) is 5.75 Å². The number of hydrogen-bond donors (Lipinski definition) is 0. The second-order valence-corrected chi connectivity index (χ2v) is 4.58. The number of alkyl halides is 2. The molecule has 0 fully saturated rings. The molecule has 2 heterocycles. The molecule has 0 unspecified atom stereocenters. The predicted octanol–water partition coefficient (Wildman–Crippen LogP) is 3.55. The van der Waals surface area contributed by atoms with Crippen molar-refractivity contribution < 1.29 is 13.5 Å². The van der Waals surface area contributed by atoms with Crippen molar-refractivity contribution in [2.75, 3.05) is 0 Å². The van der Waals surface area contributed by atoms with E-state index < -0.39 is 6.61 Å². The minimum absolute atomic E-state index is 0.108. The number of fused-ring (bicyclic) bond motifs is 1. The summed E-state index contributed by atoms with van der Waals surface area (Å²) in [5.74, 6) is 0.108. The van der Waals surface area contributed by atoms with Crippen LogP contribution in [-0.2, 0) is 6.54 Å². The zero-order chi connectivity index (χ0) is 15.4. The van der Waals surface area contributed by atoms with Crippen LogP contribution in [0.2, 0.25) is 0 Å². The Morgan fingerprint density at radius 1 is 1.18 bits per heavy atom. The molecular formula is C16H13F2N3O. The third-order valence-electron chi connectivity index (χ3n) is 3.03. The van der Waals surface area contributed by atoms with E-state index in [4.69, 9.17) is 0 Å². The first-order valence-electron chi connectivity index (χ1n) is 6.68. The van der Waals surface area contributed by atoms with Crippen molar-refractivity contribution in [2.24, 2.45) is 4.99 Å². The molecule has 0 aliphatic carbocycles. The number of nitrogens with zero attached hydrogens (tertiary/aromatic N) is 3. The van der Waals surface area contributed by atoms with Gasteiger partial charge >= 0.3 is 6.61 Å². The third kappa shape index (κ3) is 3.28. The van der Waals surface area contributed by atoms with Crippen LogP contribution in [-0.4, -0.2) is 22.2 Å². The predicted molar refractivity (Wildman–Crippen MR) is 79.6 cm³/mol. The zero-order valence-electron chi connectivity index (χ0n) is 11.6.